The van der Waals surface area contributed by atoms with Crippen molar-refractivity contribution in [3.05, 3.63) is 0 Å². The minimum absolute atomic E-state index is 0.678. The summed E-state index contributed by atoms with van der Waals surface area (Å²) < 4.78 is 39.5. The maximum Gasteiger partial charge on any atom is 0.217 e. The van der Waals surface area contributed by atoms with Crippen molar-refractivity contribution in [1.29, 1.82) is 0 Å². The molecular weight excluding hydrogens is 630 g/mol. The summed E-state index contributed by atoms with van der Waals surface area (Å²) in [5.74, 6) is -0.678. The summed E-state index contributed by atoms with van der Waals surface area (Å²) in [7, 11) is 0. The highest BCUT2D eigenvalue weighted by atomic mass is 16.8. The highest BCUT2D eigenvalue weighted by molar-refractivity contribution is 5.73. The van der Waals surface area contributed by atoms with Crippen molar-refractivity contribution >= 4 is 5.91 Å². The van der Waals surface area contributed by atoms with E-state index in [1.54, 1.807) is 0 Å². The van der Waals surface area contributed by atoms with Crippen LogP contribution in [0.25, 0.3) is 0 Å². The van der Waals surface area contributed by atoms with Gasteiger partial charge in [0.15, 0.2) is 25.2 Å². The Balaban J connectivity index is 1.66. The first-order valence-corrected chi connectivity index (χ1v) is 14.8. The zero-order valence-electron chi connectivity index (χ0n) is 25.1. The van der Waals surface area contributed by atoms with Crippen molar-refractivity contribution in [3.8, 4) is 0 Å². The van der Waals surface area contributed by atoms with Crippen molar-refractivity contribution in [2.75, 3.05) is 13.2 Å². The van der Waals surface area contributed by atoms with Gasteiger partial charge in [0.05, 0.1) is 25.4 Å². The fourth-order valence-corrected chi connectivity index (χ4v) is 5.82. The number of amides is 1. The minimum atomic E-state index is -1.95. The number of carbonyl (C=O) groups is 1. The SMILES string of the molecule is CC(=O)N[C@H]1C(O)O[C@H](CO)[C@@H](O)[C@@H]1O[C@@H]1O[C@H](CO)[C@H](O[C@@H]2O[C@@H](C)[C@@H](O)[C@@H](O)[C@@H]2O)[C@H](O)[C@H]1O[C@@H]1O[C@@H](C)[C@@H](O)[C@@H](O)[C@@H]1O. The van der Waals surface area contributed by atoms with Crippen LogP contribution in [0.5, 0.6) is 0 Å². The molecule has 1 unspecified atom stereocenters. The number of carbonyl (C=O) groups excluding carboxylic acids is 1. The second-order valence-electron chi connectivity index (χ2n) is 11.8. The molecule has 0 aromatic heterocycles. The maximum atomic E-state index is 11.9. The quantitative estimate of drug-likeness (QED) is 0.108. The fourth-order valence-electron chi connectivity index (χ4n) is 5.82. The van der Waals surface area contributed by atoms with Crippen LogP contribution in [0.3, 0.4) is 0 Å². The van der Waals surface area contributed by atoms with Gasteiger partial charge in [-0.2, -0.15) is 0 Å². The van der Waals surface area contributed by atoms with Gasteiger partial charge < -0.3 is 94.6 Å². The number of nitrogens with one attached hydrogen (secondary N) is 1. The largest absolute Gasteiger partial charge is 0.394 e. The Morgan fingerprint density at radius 3 is 1.52 bits per heavy atom. The number of ether oxygens (including phenoxy) is 7. The summed E-state index contributed by atoms with van der Waals surface area (Å²) >= 11 is 0. The monoisotopic (exact) mass is 675 g/mol. The van der Waals surface area contributed by atoms with E-state index in [1.165, 1.54) is 13.8 Å². The van der Waals surface area contributed by atoms with Gasteiger partial charge in [0.2, 0.25) is 5.91 Å². The van der Waals surface area contributed by atoms with E-state index in [2.05, 4.69) is 5.32 Å². The van der Waals surface area contributed by atoms with Gasteiger partial charge in [-0.1, -0.05) is 0 Å². The zero-order valence-corrected chi connectivity index (χ0v) is 25.1. The molecule has 4 heterocycles. The molecule has 4 aliphatic rings. The van der Waals surface area contributed by atoms with Crippen LogP contribution in [0.15, 0.2) is 0 Å². The summed E-state index contributed by atoms with van der Waals surface area (Å²) in [5, 5.41) is 117. The average molecular weight is 676 g/mol. The number of rotatable bonds is 9. The molecule has 0 aromatic rings. The van der Waals surface area contributed by atoms with Gasteiger partial charge in [0, 0.05) is 6.92 Å². The van der Waals surface area contributed by atoms with Crippen LogP contribution >= 0.6 is 0 Å². The Kier molecular flexibility index (Phi) is 12.7. The van der Waals surface area contributed by atoms with Crippen molar-refractivity contribution in [3.63, 3.8) is 0 Å². The van der Waals surface area contributed by atoms with Crippen LogP contribution in [0.2, 0.25) is 0 Å². The first-order chi connectivity index (χ1) is 21.6. The predicted octanol–water partition coefficient (Wildman–Crippen LogP) is -7.55. The molecule has 20 atom stereocenters. The Morgan fingerprint density at radius 2 is 1.04 bits per heavy atom. The smallest absolute Gasteiger partial charge is 0.217 e. The van der Waals surface area contributed by atoms with Crippen LogP contribution in [0.1, 0.15) is 20.8 Å². The van der Waals surface area contributed by atoms with E-state index < -0.39 is 142 Å². The second kappa shape index (κ2) is 15.5. The molecular formula is C26H45NO19. The lowest BCUT2D eigenvalue weighted by Crippen LogP contribution is -2.69. The minimum Gasteiger partial charge on any atom is -0.394 e. The molecule has 0 bridgehead atoms. The van der Waals surface area contributed by atoms with Crippen LogP contribution in [-0.4, -0.2) is 198 Å². The summed E-state index contributed by atoms with van der Waals surface area (Å²) in [6.45, 7) is 2.17. The van der Waals surface area contributed by atoms with Crippen molar-refractivity contribution in [2.45, 2.75) is 144 Å². The van der Waals surface area contributed by atoms with E-state index in [1.807, 2.05) is 0 Å². The predicted molar refractivity (Wildman–Crippen MR) is 143 cm³/mol. The highest BCUT2D eigenvalue weighted by Crippen LogP contribution is 2.35. The van der Waals surface area contributed by atoms with Gasteiger partial charge in [0.1, 0.15) is 85.4 Å². The van der Waals surface area contributed by atoms with E-state index in [-0.39, 0.29) is 0 Å². The topological polar surface area (TPSA) is 316 Å². The van der Waals surface area contributed by atoms with E-state index in [0.29, 0.717) is 0 Å². The molecule has 12 N–H and O–H groups in total. The lowest BCUT2D eigenvalue weighted by atomic mass is 9.94. The molecule has 268 valence electrons. The second-order valence-corrected chi connectivity index (χ2v) is 11.8. The first-order valence-electron chi connectivity index (χ1n) is 14.8. The van der Waals surface area contributed by atoms with Crippen LogP contribution in [0, 0.1) is 0 Å². The summed E-state index contributed by atoms with van der Waals surface area (Å²) in [6.07, 6.45) is -31.2. The Bertz CT molecular complexity index is 997. The molecule has 0 saturated carbocycles. The molecule has 0 aromatic carbocycles. The third kappa shape index (κ3) is 7.64. The van der Waals surface area contributed by atoms with E-state index in [4.69, 9.17) is 33.2 Å². The zero-order chi connectivity index (χ0) is 34.2. The third-order valence-electron chi connectivity index (χ3n) is 8.53. The molecule has 0 aliphatic carbocycles. The summed E-state index contributed by atoms with van der Waals surface area (Å²) in [6, 6.07) is -1.48. The third-order valence-corrected chi connectivity index (χ3v) is 8.53. The van der Waals surface area contributed by atoms with E-state index >= 15 is 0 Å². The summed E-state index contributed by atoms with van der Waals surface area (Å²) in [5.41, 5.74) is 0. The lowest BCUT2D eigenvalue weighted by Gasteiger charge is -2.50. The fraction of sp³-hybridized carbons (Fsp3) is 0.962. The Hall–Kier alpha value is -1.25. The Labute approximate surface area is 262 Å². The molecule has 4 rings (SSSR count). The highest BCUT2D eigenvalue weighted by Gasteiger charge is 2.56. The normalized spacial score (nSPS) is 51.9. The average Bonchev–Trinajstić information content (AvgIpc) is 3.01. The standard InChI is InChI=1S/C26H45NO19/c1-6-12(31)15(34)17(36)24(40-6)44-20-10(5-29)43-26(22(19(20)38)46-25-18(37)16(35)13(32)7(2)41-25)45-21-11(27-8(3)30)23(39)42-9(4-28)14(21)33/h6-7,9-26,28-29,31-39H,4-5H2,1-3H3,(H,27,30)/t6-,7-,9+,10+,11+,12+,13+,14+,15+,16+,17-,18-,19-,20-,21+,22+,23?,24-,25-,26-/m0/s1. The molecule has 20 nitrogen and oxygen atoms in total. The number of aliphatic hydroxyl groups excluding tert-OH is 11. The van der Waals surface area contributed by atoms with Crippen molar-refractivity contribution in [1.82, 2.24) is 5.32 Å². The van der Waals surface area contributed by atoms with Gasteiger partial charge in [0.25, 0.3) is 0 Å². The van der Waals surface area contributed by atoms with Crippen molar-refractivity contribution in [2.24, 2.45) is 0 Å². The molecule has 20 heteroatoms. The lowest BCUT2D eigenvalue weighted by molar-refractivity contribution is -0.395. The van der Waals surface area contributed by atoms with Gasteiger partial charge in [-0.25, -0.2) is 0 Å². The number of hydrogen-bond donors (Lipinski definition) is 12. The van der Waals surface area contributed by atoms with Crippen LogP contribution in [-0.2, 0) is 38.0 Å². The van der Waals surface area contributed by atoms with E-state index in [0.717, 1.165) is 6.92 Å². The molecule has 0 spiro atoms. The van der Waals surface area contributed by atoms with Crippen LogP contribution < -0.4 is 5.32 Å². The molecule has 0 radical (unpaired) electrons. The molecule has 4 fully saturated rings. The van der Waals surface area contributed by atoms with Gasteiger partial charge in [-0.05, 0) is 13.8 Å². The molecule has 4 aliphatic heterocycles. The maximum absolute atomic E-state index is 11.9. The van der Waals surface area contributed by atoms with Crippen molar-refractivity contribution < 1.29 is 94.1 Å². The van der Waals surface area contributed by atoms with Gasteiger partial charge in [-0.3, -0.25) is 4.79 Å². The molecule has 1 amide bonds. The Morgan fingerprint density at radius 1 is 0.565 bits per heavy atom. The summed E-state index contributed by atoms with van der Waals surface area (Å²) in [4.78, 5) is 11.9. The molecule has 46 heavy (non-hydrogen) atoms. The van der Waals surface area contributed by atoms with Gasteiger partial charge in [-0.15, -0.1) is 0 Å². The first kappa shape index (κ1) is 37.6. The number of hydrogen-bond acceptors (Lipinski definition) is 19. The molecule has 4 saturated heterocycles. The van der Waals surface area contributed by atoms with Gasteiger partial charge >= 0.3 is 0 Å². The van der Waals surface area contributed by atoms with E-state index in [9.17, 15) is 61.0 Å². The number of aliphatic hydroxyl groups is 11. The van der Waals surface area contributed by atoms with Crippen LogP contribution in [0.4, 0.5) is 0 Å².